The van der Waals surface area contributed by atoms with Crippen LogP contribution in [0.1, 0.15) is 11.1 Å². The van der Waals surface area contributed by atoms with E-state index in [1.165, 1.54) is 11.8 Å². The van der Waals surface area contributed by atoms with Gasteiger partial charge in [-0.15, -0.1) is 0 Å². The van der Waals surface area contributed by atoms with Gasteiger partial charge in [0.1, 0.15) is 5.75 Å². The molecule has 0 unspecified atom stereocenters. The summed E-state index contributed by atoms with van der Waals surface area (Å²) < 4.78 is 5.18. The summed E-state index contributed by atoms with van der Waals surface area (Å²) in [6.07, 6.45) is 0. The minimum Gasteiger partial charge on any atom is -0.497 e. The van der Waals surface area contributed by atoms with E-state index < -0.39 is 0 Å². The number of nitrogens with one attached hydrogen (secondary N) is 3. The third-order valence-electron chi connectivity index (χ3n) is 4.33. The van der Waals surface area contributed by atoms with Crippen LogP contribution in [0.2, 0.25) is 0 Å². The molecular weight excluding hydrogens is 376 g/mol. The number of hydrogen-bond donors (Lipinski definition) is 3. The maximum Gasteiger partial charge on any atom is 0.243 e. The first-order valence-electron chi connectivity index (χ1n) is 8.75. The summed E-state index contributed by atoms with van der Waals surface area (Å²) >= 11 is 1.28. The number of methoxy groups -OCH3 is 1. The number of carbonyl (C=O) groups excluding carboxylic acids is 2. The van der Waals surface area contributed by atoms with Crippen molar-refractivity contribution in [2.75, 3.05) is 24.7 Å². The summed E-state index contributed by atoms with van der Waals surface area (Å²) in [5, 5.41) is 6.08. The number of hydrogen-bond acceptors (Lipinski definition) is 5. The van der Waals surface area contributed by atoms with Crippen molar-refractivity contribution in [3.63, 3.8) is 0 Å². The number of aromatic amines is 1. The third kappa shape index (κ3) is 4.83. The van der Waals surface area contributed by atoms with E-state index in [1.807, 2.05) is 50.2 Å². The molecule has 28 heavy (non-hydrogen) atoms. The molecule has 0 aliphatic carbocycles. The number of aryl methyl sites for hydroxylation is 1. The minimum absolute atomic E-state index is 0.0793. The number of thioether (sulfide) groups is 1. The number of carbonyl (C=O) groups is 2. The molecule has 1 aromatic heterocycles. The highest BCUT2D eigenvalue weighted by atomic mass is 32.2. The molecule has 7 nitrogen and oxygen atoms in total. The van der Waals surface area contributed by atoms with Gasteiger partial charge in [0, 0.05) is 11.8 Å². The van der Waals surface area contributed by atoms with Gasteiger partial charge in [-0.05, 0) is 43.2 Å². The Morgan fingerprint density at radius 1 is 1.18 bits per heavy atom. The van der Waals surface area contributed by atoms with Crippen molar-refractivity contribution in [3.8, 4) is 5.75 Å². The van der Waals surface area contributed by atoms with Crippen LogP contribution in [-0.2, 0) is 9.59 Å². The van der Waals surface area contributed by atoms with E-state index in [9.17, 15) is 9.59 Å². The summed E-state index contributed by atoms with van der Waals surface area (Å²) in [6, 6.07) is 11.2. The number of amides is 2. The lowest BCUT2D eigenvalue weighted by Crippen LogP contribution is -2.34. The highest BCUT2D eigenvalue weighted by molar-refractivity contribution is 7.99. The molecular formula is C20H22N4O3S. The van der Waals surface area contributed by atoms with Crippen LogP contribution < -0.4 is 15.4 Å². The molecule has 0 fully saturated rings. The zero-order valence-electron chi connectivity index (χ0n) is 16.0. The number of H-pyrrole nitrogens is 1. The second kappa shape index (κ2) is 8.79. The van der Waals surface area contributed by atoms with Crippen LogP contribution in [0.3, 0.4) is 0 Å². The average Bonchev–Trinajstić information content (AvgIpc) is 3.10. The number of benzene rings is 2. The molecule has 0 radical (unpaired) electrons. The summed E-state index contributed by atoms with van der Waals surface area (Å²) in [5.41, 5.74) is 4.51. The maximum atomic E-state index is 12.1. The van der Waals surface area contributed by atoms with Gasteiger partial charge in [0.15, 0.2) is 5.16 Å². The summed E-state index contributed by atoms with van der Waals surface area (Å²) in [4.78, 5) is 31.7. The molecule has 0 saturated heterocycles. The van der Waals surface area contributed by atoms with Gasteiger partial charge >= 0.3 is 0 Å². The summed E-state index contributed by atoms with van der Waals surface area (Å²) in [6.45, 7) is 3.85. The molecule has 146 valence electrons. The van der Waals surface area contributed by atoms with Crippen LogP contribution in [-0.4, -0.2) is 41.2 Å². The Labute approximate surface area is 167 Å². The van der Waals surface area contributed by atoms with Crippen molar-refractivity contribution in [2.45, 2.75) is 19.0 Å². The molecule has 3 rings (SSSR count). The molecule has 3 N–H and O–H groups in total. The summed E-state index contributed by atoms with van der Waals surface area (Å²) in [5.74, 6) is 0.399. The smallest absolute Gasteiger partial charge is 0.243 e. The van der Waals surface area contributed by atoms with Crippen molar-refractivity contribution in [2.24, 2.45) is 0 Å². The molecule has 0 spiro atoms. The van der Waals surface area contributed by atoms with Crippen LogP contribution in [0.4, 0.5) is 5.69 Å². The standard InChI is InChI=1S/C20H22N4O3S/c1-12-5-4-6-15(13(12)2)22-18(25)10-21-19(26)11-28-20-23-16-8-7-14(27-3)9-17(16)24-20/h4-9H,10-11H2,1-3H3,(H,21,26)(H,22,25)(H,23,24). The van der Waals surface area contributed by atoms with Crippen molar-refractivity contribution in [1.82, 2.24) is 15.3 Å². The van der Waals surface area contributed by atoms with Crippen molar-refractivity contribution in [1.29, 1.82) is 0 Å². The highest BCUT2D eigenvalue weighted by Gasteiger charge is 2.10. The van der Waals surface area contributed by atoms with E-state index in [-0.39, 0.29) is 24.1 Å². The van der Waals surface area contributed by atoms with Gasteiger partial charge in [-0.25, -0.2) is 4.98 Å². The SMILES string of the molecule is COc1ccc2nc(SCC(=O)NCC(=O)Nc3cccc(C)c3C)[nH]c2c1. The Hall–Kier alpha value is -3.00. The van der Waals surface area contributed by atoms with Crippen LogP contribution in [0, 0.1) is 13.8 Å². The minimum atomic E-state index is -0.261. The second-order valence-corrected chi connectivity index (χ2v) is 7.25. The van der Waals surface area contributed by atoms with Crippen molar-refractivity contribution < 1.29 is 14.3 Å². The fourth-order valence-corrected chi connectivity index (χ4v) is 3.32. The predicted molar refractivity (Wildman–Crippen MR) is 111 cm³/mol. The fourth-order valence-electron chi connectivity index (χ4n) is 2.61. The first kappa shape index (κ1) is 19.8. The van der Waals surface area contributed by atoms with E-state index in [0.29, 0.717) is 5.16 Å². The van der Waals surface area contributed by atoms with E-state index in [2.05, 4.69) is 20.6 Å². The zero-order valence-corrected chi connectivity index (χ0v) is 16.8. The Morgan fingerprint density at radius 2 is 2.00 bits per heavy atom. The van der Waals surface area contributed by atoms with Gasteiger partial charge in [0.25, 0.3) is 0 Å². The number of anilines is 1. The van der Waals surface area contributed by atoms with Crippen molar-refractivity contribution in [3.05, 3.63) is 47.5 Å². The number of rotatable bonds is 7. The van der Waals surface area contributed by atoms with E-state index >= 15 is 0 Å². The quantitative estimate of drug-likeness (QED) is 0.532. The Bertz CT molecular complexity index is 1020. The van der Waals surface area contributed by atoms with E-state index in [4.69, 9.17) is 4.74 Å². The van der Waals surface area contributed by atoms with Gasteiger partial charge in [-0.3, -0.25) is 9.59 Å². The topological polar surface area (TPSA) is 96.1 Å². The molecule has 0 bridgehead atoms. The Kier molecular flexibility index (Phi) is 6.20. The molecule has 0 saturated carbocycles. The Morgan fingerprint density at radius 3 is 2.79 bits per heavy atom. The normalized spacial score (nSPS) is 10.7. The van der Waals surface area contributed by atoms with Gasteiger partial charge in [0.2, 0.25) is 11.8 Å². The average molecular weight is 398 g/mol. The zero-order chi connectivity index (χ0) is 20.1. The molecule has 2 amide bonds. The number of fused-ring (bicyclic) bond motifs is 1. The molecule has 1 heterocycles. The number of aromatic nitrogens is 2. The van der Waals surface area contributed by atoms with Crippen LogP contribution in [0.25, 0.3) is 11.0 Å². The number of ether oxygens (including phenoxy) is 1. The second-order valence-electron chi connectivity index (χ2n) is 6.29. The van der Waals surface area contributed by atoms with Crippen molar-refractivity contribution >= 4 is 40.3 Å². The van der Waals surface area contributed by atoms with Gasteiger partial charge in [-0.2, -0.15) is 0 Å². The molecule has 0 atom stereocenters. The van der Waals surface area contributed by atoms with E-state index in [0.717, 1.165) is 33.6 Å². The third-order valence-corrected chi connectivity index (χ3v) is 5.21. The lowest BCUT2D eigenvalue weighted by Gasteiger charge is -2.10. The maximum absolute atomic E-state index is 12.1. The van der Waals surface area contributed by atoms with Crippen LogP contribution >= 0.6 is 11.8 Å². The first-order valence-corrected chi connectivity index (χ1v) is 9.74. The largest absolute Gasteiger partial charge is 0.497 e. The molecule has 2 aromatic carbocycles. The lowest BCUT2D eigenvalue weighted by molar-refractivity contribution is -0.122. The molecule has 0 aliphatic rings. The van der Waals surface area contributed by atoms with Crippen LogP contribution in [0.5, 0.6) is 5.75 Å². The van der Waals surface area contributed by atoms with E-state index in [1.54, 1.807) is 7.11 Å². The fraction of sp³-hybridized carbons (Fsp3) is 0.250. The Balaban J connectivity index is 1.48. The first-order chi connectivity index (χ1) is 13.5. The predicted octanol–water partition coefficient (Wildman–Crippen LogP) is 3.04. The summed E-state index contributed by atoms with van der Waals surface area (Å²) in [7, 11) is 1.61. The van der Waals surface area contributed by atoms with Gasteiger partial charge < -0.3 is 20.4 Å². The molecule has 8 heteroatoms. The highest BCUT2D eigenvalue weighted by Crippen LogP contribution is 2.23. The number of imidazole rings is 1. The molecule has 3 aromatic rings. The molecule has 0 aliphatic heterocycles. The van der Waals surface area contributed by atoms with Crippen LogP contribution in [0.15, 0.2) is 41.6 Å². The van der Waals surface area contributed by atoms with Gasteiger partial charge in [-0.1, -0.05) is 23.9 Å². The number of nitrogens with zero attached hydrogens (tertiary/aromatic N) is 1. The monoisotopic (exact) mass is 398 g/mol. The van der Waals surface area contributed by atoms with Gasteiger partial charge in [0.05, 0.1) is 30.4 Å². The lowest BCUT2D eigenvalue weighted by atomic mass is 10.1.